The molecule has 1 aromatic heterocycles. The lowest BCUT2D eigenvalue weighted by atomic mass is 10.1. The van der Waals surface area contributed by atoms with Crippen molar-refractivity contribution in [2.45, 2.75) is 6.92 Å². The predicted octanol–water partition coefficient (Wildman–Crippen LogP) is 2.19. The van der Waals surface area contributed by atoms with Gasteiger partial charge in [0, 0.05) is 5.56 Å². The van der Waals surface area contributed by atoms with Crippen LogP contribution in [-0.4, -0.2) is 15.7 Å². The van der Waals surface area contributed by atoms with Crippen molar-refractivity contribution in [1.29, 1.82) is 5.26 Å². The number of carbonyl (C=O) groups excluding carboxylic acids is 1. The third kappa shape index (κ3) is 3.72. The number of amides is 1. The van der Waals surface area contributed by atoms with Gasteiger partial charge in [-0.1, -0.05) is 60.2 Å². The molecular weight excluding hydrogens is 354 g/mol. The molecule has 0 fully saturated rings. The quantitative estimate of drug-likeness (QED) is 0.414. The van der Waals surface area contributed by atoms with Gasteiger partial charge in [0.2, 0.25) is 0 Å². The van der Waals surface area contributed by atoms with Gasteiger partial charge in [0.05, 0.1) is 5.69 Å². The fraction of sp³-hybridized carbons (Fsp3) is 0.0476. The molecule has 0 aliphatic rings. The first kappa shape index (κ1) is 18.8. The molecule has 0 radical (unpaired) electrons. The van der Waals surface area contributed by atoms with Crippen LogP contribution in [-0.2, 0) is 0 Å². The normalized spacial score (nSPS) is 10.6. The van der Waals surface area contributed by atoms with Gasteiger partial charge in [0.25, 0.3) is 11.5 Å². The maximum atomic E-state index is 12.9. The van der Waals surface area contributed by atoms with E-state index in [1.807, 2.05) is 48.8 Å². The number of hydrogen-bond donors (Lipinski definition) is 2. The summed E-state index contributed by atoms with van der Waals surface area (Å²) in [5, 5.41) is 13.8. The SMILES string of the molecule is Cc1ccc(-n2nc(C(=O)NN)c(/C=C/c3ccccc3)c(C#N)c2=O)cc1. The van der Waals surface area contributed by atoms with E-state index < -0.39 is 11.5 Å². The summed E-state index contributed by atoms with van der Waals surface area (Å²) in [5.74, 6) is 4.58. The highest BCUT2D eigenvalue weighted by atomic mass is 16.2. The number of rotatable bonds is 4. The molecular formula is C21H17N5O2. The van der Waals surface area contributed by atoms with Crippen LogP contribution in [0.5, 0.6) is 0 Å². The van der Waals surface area contributed by atoms with Crippen LogP contribution in [0.3, 0.4) is 0 Å². The molecule has 28 heavy (non-hydrogen) atoms. The molecule has 2 aromatic carbocycles. The van der Waals surface area contributed by atoms with Gasteiger partial charge in [-0.05, 0) is 24.6 Å². The predicted molar refractivity (Wildman–Crippen MR) is 106 cm³/mol. The Morgan fingerprint density at radius 3 is 2.43 bits per heavy atom. The van der Waals surface area contributed by atoms with E-state index in [9.17, 15) is 14.9 Å². The molecule has 0 aliphatic carbocycles. The van der Waals surface area contributed by atoms with Crippen molar-refractivity contribution >= 4 is 18.1 Å². The molecule has 3 rings (SSSR count). The second kappa shape index (κ2) is 8.12. The molecule has 1 amide bonds. The number of aromatic nitrogens is 2. The Morgan fingerprint density at radius 1 is 1.14 bits per heavy atom. The lowest BCUT2D eigenvalue weighted by molar-refractivity contribution is 0.0946. The number of hydrogen-bond acceptors (Lipinski definition) is 5. The van der Waals surface area contributed by atoms with Crippen molar-refractivity contribution in [2.24, 2.45) is 5.84 Å². The Bertz CT molecular complexity index is 1140. The summed E-state index contributed by atoms with van der Waals surface area (Å²) < 4.78 is 1.03. The molecule has 3 aromatic rings. The summed E-state index contributed by atoms with van der Waals surface area (Å²) in [5.41, 5.74) is 3.48. The van der Waals surface area contributed by atoms with Gasteiger partial charge in [-0.15, -0.1) is 0 Å². The van der Waals surface area contributed by atoms with E-state index in [-0.39, 0.29) is 16.8 Å². The second-order valence-corrected chi connectivity index (χ2v) is 6.02. The summed E-state index contributed by atoms with van der Waals surface area (Å²) in [6.45, 7) is 1.91. The van der Waals surface area contributed by atoms with E-state index in [0.717, 1.165) is 15.8 Å². The number of nitriles is 1. The largest absolute Gasteiger partial charge is 0.290 e. The highest BCUT2D eigenvalue weighted by molar-refractivity contribution is 5.97. The zero-order valence-electron chi connectivity index (χ0n) is 15.1. The average Bonchev–Trinajstić information content (AvgIpc) is 2.73. The number of nitrogens with zero attached hydrogens (tertiary/aromatic N) is 3. The standard InChI is InChI=1S/C21H17N5O2/c1-14-7-10-16(11-8-14)26-21(28)18(13-22)17(19(25-26)20(27)24-23)12-9-15-5-3-2-4-6-15/h2-12H,23H2,1H3,(H,24,27)/b12-9+. The topological polar surface area (TPSA) is 114 Å². The van der Waals surface area contributed by atoms with Crippen LogP contribution >= 0.6 is 0 Å². The number of carbonyl (C=O) groups is 1. The zero-order chi connectivity index (χ0) is 20.1. The average molecular weight is 371 g/mol. The molecule has 0 spiro atoms. The molecule has 7 heteroatoms. The molecule has 0 atom stereocenters. The fourth-order valence-electron chi connectivity index (χ4n) is 2.65. The maximum Gasteiger partial charge on any atom is 0.290 e. The van der Waals surface area contributed by atoms with Crippen LogP contribution in [0.15, 0.2) is 59.4 Å². The van der Waals surface area contributed by atoms with Gasteiger partial charge in [0.15, 0.2) is 5.69 Å². The number of nitrogens with two attached hydrogens (primary N) is 1. The zero-order valence-corrected chi connectivity index (χ0v) is 15.1. The second-order valence-electron chi connectivity index (χ2n) is 6.02. The number of benzene rings is 2. The van der Waals surface area contributed by atoms with Crippen molar-refractivity contribution in [3.05, 3.63) is 92.9 Å². The van der Waals surface area contributed by atoms with E-state index in [1.54, 1.807) is 30.3 Å². The summed E-state index contributed by atoms with van der Waals surface area (Å²) >= 11 is 0. The summed E-state index contributed by atoms with van der Waals surface area (Å²) in [7, 11) is 0. The van der Waals surface area contributed by atoms with Crippen LogP contribution in [0.25, 0.3) is 17.8 Å². The van der Waals surface area contributed by atoms with Gasteiger partial charge >= 0.3 is 0 Å². The summed E-state index contributed by atoms with van der Waals surface area (Å²) in [6, 6.07) is 18.2. The molecule has 138 valence electrons. The molecule has 3 N–H and O–H groups in total. The number of nitrogens with one attached hydrogen (secondary N) is 1. The van der Waals surface area contributed by atoms with E-state index in [2.05, 4.69) is 5.10 Å². The lowest BCUT2D eigenvalue weighted by Crippen LogP contribution is -2.35. The highest BCUT2D eigenvalue weighted by Gasteiger charge is 2.21. The third-order valence-electron chi connectivity index (χ3n) is 4.11. The number of nitrogen functional groups attached to an aromatic ring is 1. The molecule has 0 unspecified atom stereocenters. The lowest BCUT2D eigenvalue weighted by Gasteiger charge is -2.11. The Labute approximate surface area is 161 Å². The van der Waals surface area contributed by atoms with Crippen LogP contribution in [0.1, 0.15) is 32.7 Å². The van der Waals surface area contributed by atoms with Crippen molar-refractivity contribution < 1.29 is 4.79 Å². The molecule has 0 aliphatic heterocycles. The van der Waals surface area contributed by atoms with E-state index in [1.165, 1.54) is 6.08 Å². The maximum absolute atomic E-state index is 12.9. The monoisotopic (exact) mass is 371 g/mol. The van der Waals surface area contributed by atoms with E-state index in [0.29, 0.717) is 5.69 Å². The first-order valence-electron chi connectivity index (χ1n) is 8.43. The van der Waals surface area contributed by atoms with E-state index in [4.69, 9.17) is 5.84 Å². The van der Waals surface area contributed by atoms with Gasteiger partial charge in [-0.25, -0.2) is 5.84 Å². The Morgan fingerprint density at radius 2 is 1.82 bits per heavy atom. The van der Waals surface area contributed by atoms with Crippen LogP contribution in [0, 0.1) is 18.3 Å². The Balaban J connectivity index is 2.24. The molecule has 0 saturated heterocycles. The minimum atomic E-state index is -0.704. The minimum Gasteiger partial charge on any atom is -0.289 e. The van der Waals surface area contributed by atoms with Gasteiger partial charge in [-0.3, -0.25) is 15.0 Å². The van der Waals surface area contributed by atoms with Crippen LogP contribution in [0.4, 0.5) is 0 Å². The Kier molecular flexibility index (Phi) is 5.44. The van der Waals surface area contributed by atoms with Crippen molar-refractivity contribution in [2.75, 3.05) is 0 Å². The van der Waals surface area contributed by atoms with Crippen LogP contribution in [0.2, 0.25) is 0 Å². The van der Waals surface area contributed by atoms with Gasteiger partial charge < -0.3 is 0 Å². The molecule has 0 bridgehead atoms. The third-order valence-corrected chi connectivity index (χ3v) is 4.11. The smallest absolute Gasteiger partial charge is 0.289 e. The fourth-order valence-corrected chi connectivity index (χ4v) is 2.65. The summed E-state index contributed by atoms with van der Waals surface area (Å²) in [6.07, 6.45) is 3.22. The van der Waals surface area contributed by atoms with Crippen molar-refractivity contribution in [3.8, 4) is 11.8 Å². The molecule has 1 heterocycles. The van der Waals surface area contributed by atoms with Crippen molar-refractivity contribution in [3.63, 3.8) is 0 Å². The highest BCUT2D eigenvalue weighted by Crippen LogP contribution is 2.16. The van der Waals surface area contributed by atoms with Gasteiger partial charge in [-0.2, -0.15) is 15.0 Å². The summed E-state index contributed by atoms with van der Waals surface area (Å²) in [4.78, 5) is 25.2. The molecule has 0 saturated carbocycles. The Hall–Kier alpha value is -4.02. The number of aryl methyl sites for hydroxylation is 1. The number of hydrazine groups is 1. The minimum absolute atomic E-state index is 0.114. The first-order valence-corrected chi connectivity index (χ1v) is 8.43. The van der Waals surface area contributed by atoms with E-state index >= 15 is 0 Å². The van der Waals surface area contributed by atoms with Crippen molar-refractivity contribution in [1.82, 2.24) is 15.2 Å². The van der Waals surface area contributed by atoms with Gasteiger partial charge in [0.1, 0.15) is 11.6 Å². The first-order chi connectivity index (χ1) is 13.5. The molecule has 7 nitrogen and oxygen atoms in total. The van der Waals surface area contributed by atoms with Crippen LogP contribution < -0.4 is 16.8 Å².